The Labute approximate surface area is 245 Å². The molecule has 222 valence electrons. The van der Waals surface area contributed by atoms with Gasteiger partial charge in [-0.15, -0.1) is 0 Å². The fourth-order valence-electron chi connectivity index (χ4n) is 5.83. The van der Waals surface area contributed by atoms with E-state index in [2.05, 4.69) is 4.90 Å². The number of halogens is 3. The second-order valence-electron chi connectivity index (χ2n) is 12.6. The number of carbonyl (C=O) groups excluding carboxylic acids is 2. The van der Waals surface area contributed by atoms with E-state index in [1.165, 1.54) is 23.1 Å². The quantitative estimate of drug-likeness (QED) is 0.320. The van der Waals surface area contributed by atoms with Crippen LogP contribution in [0.2, 0.25) is 5.02 Å². The van der Waals surface area contributed by atoms with Crippen molar-refractivity contribution in [3.05, 3.63) is 63.7 Å². The van der Waals surface area contributed by atoms with Crippen LogP contribution in [0, 0.1) is 17.6 Å². The molecule has 6 nitrogen and oxygen atoms in total. The fraction of sp³-hybridized carbons (Fsp3) is 0.562. The Balaban J connectivity index is 1.21. The van der Waals surface area contributed by atoms with Gasteiger partial charge in [-0.25, -0.2) is 13.6 Å². The summed E-state index contributed by atoms with van der Waals surface area (Å²) >= 11 is 6.00. The summed E-state index contributed by atoms with van der Waals surface area (Å²) in [5.74, 6) is -0.815. The Hall–Kier alpha value is -2.71. The Morgan fingerprint density at radius 3 is 2.37 bits per heavy atom. The summed E-state index contributed by atoms with van der Waals surface area (Å²) in [5.41, 5.74) is 1.04. The van der Waals surface area contributed by atoms with Gasteiger partial charge in [0.1, 0.15) is 29.0 Å². The van der Waals surface area contributed by atoms with Crippen molar-refractivity contribution in [1.29, 1.82) is 0 Å². The molecule has 3 aliphatic rings. The van der Waals surface area contributed by atoms with E-state index < -0.39 is 29.3 Å². The first-order chi connectivity index (χ1) is 19.5. The van der Waals surface area contributed by atoms with Gasteiger partial charge in [0.15, 0.2) is 0 Å². The first-order valence-corrected chi connectivity index (χ1v) is 15.0. The molecule has 2 aromatic carbocycles. The highest BCUT2D eigenvalue weighted by Gasteiger charge is 2.39. The maximum Gasteiger partial charge on any atom is 0.329 e. The molecular weight excluding hydrogens is 550 g/mol. The molecule has 2 aliphatic heterocycles. The van der Waals surface area contributed by atoms with E-state index in [0.29, 0.717) is 49.2 Å². The van der Waals surface area contributed by atoms with Crippen LogP contribution >= 0.6 is 11.6 Å². The molecule has 41 heavy (non-hydrogen) atoms. The van der Waals surface area contributed by atoms with Crippen molar-refractivity contribution in [2.75, 3.05) is 26.2 Å². The zero-order valence-electron chi connectivity index (χ0n) is 24.1. The summed E-state index contributed by atoms with van der Waals surface area (Å²) in [7, 11) is 0. The van der Waals surface area contributed by atoms with E-state index in [1.807, 2.05) is 0 Å². The predicted octanol–water partition coefficient (Wildman–Crippen LogP) is 6.73. The van der Waals surface area contributed by atoms with E-state index >= 15 is 4.39 Å². The highest BCUT2D eigenvalue weighted by Crippen LogP contribution is 2.45. The number of hydrogen-bond acceptors (Lipinski definition) is 5. The Bertz CT molecular complexity index is 1260. The summed E-state index contributed by atoms with van der Waals surface area (Å²) < 4.78 is 40.8. The summed E-state index contributed by atoms with van der Waals surface area (Å²) in [6.45, 7) is 8.59. The molecule has 2 saturated heterocycles. The van der Waals surface area contributed by atoms with Crippen LogP contribution in [0.4, 0.5) is 8.78 Å². The van der Waals surface area contributed by atoms with E-state index in [-0.39, 0.29) is 17.3 Å². The van der Waals surface area contributed by atoms with Gasteiger partial charge in [0.25, 0.3) is 5.91 Å². The average Bonchev–Trinajstić information content (AvgIpc) is 3.61. The Morgan fingerprint density at radius 2 is 1.71 bits per heavy atom. The molecule has 9 heteroatoms. The molecule has 5 rings (SSSR count). The van der Waals surface area contributed by atoms with Crippen molar-refractivity contribution in [3.63, 3.8) is 0 Å². The summed E-state index contributed by atoms with van der Waals surface area (Å²) in [4.78, 5) is 29.9. The van der Waals surface area contributed by atoms with Crippen molar-refractivity contribution in [1.82, 2.24) is 9.80 Å². The van der Waals surface area contributed by atoms with Gasteiger partial charge in [-0.3, -0.25) is 9.69 Å². The number of likely N-dealkylation sites (tertiary alicyclic amines) is 2. The molecule has 1 unspecified atom stereocenters. The first kappa shape index (κ1) is 29.8. The van der Waals surface area contributed by atoms with Crippen molar-refractivity contribution in [2.45, 2.75) is 83.4 Å². The number of esters is 1. The van der Waals surface area contributed by atoms with Gasteiger partial charge in [-0.1, -0.05) is 11.6 Å². The van der Waals surface area contributed by atoms with Crippen LogP contribution in [0.25, 0.3) is 0 Å². The molecule has 0 spiro atoms. The van der Waals surface area contributed by atoms with Gasteiger partial charge in [-0.05, 0) is 120 Å². The number of hydrogen-bond donors (Lipinski definition) is 0. The van der Waals surface area contributed by atoms with Crippen LogP contribution in [-0.4, -0.2) is 59.6 Å². The normalized spacial score (nSPS) is 20.3. The standard InChI is InChI=1S/C32H39ClF2N2O4/c1-32(2,3)41-31(39)28-5-4-10-37(28)30(38)26-16-25(22-6-7-22)29(17-27(26)35)40-19-20-8-11-36(12-9-20)18-21-13-23(33)15-24(34)14-21/h13-17,20,22,28H,4-12,18-19H2,1-3H3. The fourth-order valence-corrected chi connectivity index (χ4v) is 6.08. The second-order valence-corrected chi connectivity index (χ2v) is 13.1. The first-order valence-electron chi connectivity index (χ1n) is 14.6. The molecule has 1 atom stereocenters. The lowest BCUT2D eigenvalue weighted by Gasteiger charge is -2.32. The molecule has 0 radical (unpaired) electrons. The van der Waals surface area contributed by atoms with Crippen LogP contribution in [0.15, 0.2) is 30.3 Å². The third-order valence-electron chi connectivity index (χ3n) is 8.05. The maximum atomic E-state index is 15.4. The van der Waals surface area contributed by atoms with Crippen molar-refractivity contribution in [2.24, 2.45) is 5.92 Å². The van der Waals surface area contributed by atoms with Crippen LogP contribution in [0.5, 0.6) is 5.75 Å². The van der Waals surface area contributed by atoms with Gasteiger partial charge in [0, 0.05) is 24.2 Å². The topological polar surface area (TPSA) is 59.1 Å². The maximum absolute atomic E-state index is 15.4. The lowest BCUT2D eigenvalue weighted by atomic mass is 9.97. The number of ether oxygens (including phenoxy) is 2. The van der Waals surface area contributed by atoms with Crippen molar-refractivity contribution < 1.29 is 27.8 Å². The molecule has 1 aliphatic carbocycles. The molecule has 3 fully saturated rings. The number of amides is 1. The van der Waals surface area contributed by atoms with Gasteiger partial charge < -0.3 is 14.4 Å². The molecule has 1 amide bonds. The zero-order valence-corrected chi connectivity index (χ0v) is 24.8. The molecule has 0 N–H and O–H groups in total. The van der Waals surface area contributed by atoms with Crippen molar-refractivity contribution >= 4 is 23.5 Å². The predicted molar refractivity (Wildman–Crippen MR) is 153 cm³/mol. The average molecular weight is 589 g/mol. The molecule has 1 saturated carbocycles. The van der Waals surface area contributed by atoms with Gasteiger partial charge in [0.2, 0.25) is 0 Å². The minimum Gasteiger partial charge on any atom is -0.493 e. The van der Waals surface area contributed by atoms with Crippen molar-refractivity contribution in [3.8, 4) is 5.75 Å². The van der Waals surface area contributed by atoms with Gasteiger partial charge in [0.05, 0.1) is 12.2 Å². The number of nitrogens with zero attached hydrogens (tertiary/aromatic N) is 2. The highest BCUT2D eigenvalue weighted by molar-refractivity contribution is 6.30. The van der Waals surface area contributed by atoms with Gasteiger partial charge in [-0.2, -0.15) is 0 Å². The van der Waals surface area contributed by atoms with E-state index in [4.69, 9.17) is 21.1 Å². The van der Waals surface area contributed by atoms with E-state index in [9.17, 15) is 14.0 Å². The molecular formula is C32H39ClF2N2O4. The molecule has 2 aromatic rings. The zero-order chi connectivity index (χ0) is 29.3. The Kier molecular flexibility index (Phi) is 8.90. The largest absolute Gasteiger partial charge is 0.493 e. The number of piperidine rings is 1. The van der Waals surface area contributed by atoms with Crippen LogP contribution in [0.3, 0.4) is 0 Å². The lowest BCUT2D eigenvalue weighted by Crippen LogP contribution is -2.43. The third-order valence-corrected chi connectivity index (χ3v) is 8.27. The second kappa shape index (κ2) is 12.3. The van der Waals surface area contributed by atoms with Crippen LogP contribution < -0.4 is 4.74 Å². The summed E-state index contributed by atoms with van der Waals surface area (Å²) in [5, 5.41) is 0.401. The monoisotopic (exact) mass is 588 g/mol. The summed E-state index contributed by atoms with van der Waals surface area (Å²) in [6.07, 6.45) is 4.96. The number of benzene rings is 2. The smallest absolute Gasteiger partial charge is 0.329 e. The number of rotatable bonds is 8. The van der Waals surface area contributed by atoms with Gasteiger partial charge >= 0.3 is 5.97 Å². The highest BCUT2D eigenvalue weighted by atomic mass is 35.5. The van der Waals surface area contributed by atoms with Crippen LogP contribution in [-0.2, 0) is 16.1 Å². The minimum absolute atomic E-state index is 0.0135. The Morgan fingerprint density at radius 1 is 0.976 bits per heavy atom. The van der Waals surface area contributed by atoms with E-state index in [0.717, 1.165) is 49.9 Å². The molecule has 0 aromatic heterocycles. The number of carbonyl (C=O) groups is 2. The molecule has 0 bridgehead atoms. The third kappa shape index (κ3) is 7.58. The summed E-state index contributed by atoms with van der Waals surface area (Å²) in [6, 6.07) is 6.91. The molecule has 2 heterocycles. The lowest BCUT2D eigenvalue weighted by molar-refractivity contribution is -0.159. The SMILES string of the molecule is CC(C)(C)OC(=O)C1CCCN1C(=O)c1cc(C2CC2)c(OCC2CCN(Cc3cc(F)cc(Cl)c3)CC2)cc1F. The van der Waals surface area contributed by atoms with Crippen LogP contribution in [0.1, 0.15) is 86.7 Å². The minimum atomic E-state index is -0.704. The van der Waals surface area contributed by atoms with E-state index in [1.54, 1.807) is 32.9 Å².